The number of amides is 1. The number of para-hydroxylation sites is 1. The van der Waals surface area contributed by atoms with Crippen molar-refractivity contribution >= 4 is 11.6 Å². The number of halogens is 3. The number of hydrazone groups is 1. The van der Waals surface area contributed by atoms with Crippen LogP contribution in [0.3, 0.4) is 0 Å². The first-order chi connectivity index (χ1) is 11.7. The van der Waals surface area contributed by atoms with Crippen LogP contribution in [0, 0.1) is 11.8 Å². The highest BCUT2D eigenvalue weighted by Gasteiger charge is 2.69. The molecule has 1 aromatic rings. The molecule has 1 aliphatic carbocycles. The highest BCUT2D eigenvalue weighted by molar-refractivity contribution is 6.01. The lowest BCUT2D eigenvalue weighted by Gasteiger charge is -2.39. The Morgan fingerprint density at radius 2 is 2.08 bits per heavy atom. The Bertz CT molecular complexity index is 719. The average Bonchev–Trinajstić information content (AvgIpc) is 2.88. The van der Waals surface area contributed by atoms with E-state index in [0.717, 1.165) is 0 Å². The Kier molecular flexibility index (Phi) is 4.26. The molecule has 3 atom stereocenters. The lowest BCUT2D eigenvalue weighted by atomic mass is 9.74. The second kappa shape index (κ2) is 6.01. The van der Waals surface area contributed by atoms with Crippen LogP contribution in [0.25, 0.3) is 0 Å². The summed E-state index contributed by atoms with van der Waals surface area (Å²) >= 11 is 0. The molecule has 3 rings (SSSR count). The Morgan fingerprint density at radius 3 is 2.68 bits per heavy atom. The summed E-state index contributed by atoms with van der Waals surface area (Å²) in [5.74, 6) is -2.87. The van der Waals surface area contributed by atoms with Gasteiger partial charge in [0, 0.05) is 5.71 Å². The number of hydrogen-bond acceptors (Lipinski definition) is 4. The number of benzene rings is 1. The fourth-order valence-corrected chi connectivity index (χ4v) is 3.64. The van der Waals surface area contributed by atoms with Crippen molar-refractivity contribution in [3.63, 3.8) is 0 Å². The van der Waals surface area contributed by atoms with E-state index in [1.165, 1.54) is 24.3 Å². The lowest BCUT2D eigenvalue weighted by molar-refractivity contribution is -0.313. The molecule has 0 saturated heterocycles. The van der Waals surface area contributed by atoms with Crippen LogP contribution >= 0.6 is 0 Å². The van der Waals surface area contributed by atoms with Crippen LogP contribution in [-0.2, 0) is 0 Å². The summed E-state index contributed by atoms with van der Waals surface area (Å²) in [5, 5.41) is 24.3. The predicted molar refractivity (Wildman–Crippen MR) is 83.8 cm³/mol. The molecule has 1 saturated carbocycles. The van der Waals surface area contributed by atoms with E-state index >= 15 is 0 Å². The summed E-state index contributed by atoms with van der Waals surface area (Å²) in [6, 6.07) is 5.27. The minimum atomic E-state index is -5.07. The molecule has 2 aliphatic rings. The normalized spacial score (nSPS) is 29.3. The van der Waals surface area contributed by atoms with E-state index in [9.17, 15) is 28.2 Å². The number of nitrogens with zero attached hydrogens (tertiary/aromatic N) is 2. The van der Waals surface area contributed by atoms with Crippen LogP contribution in [0.5, 0.6) is 5.75 Å². The van der Waals surface area contributed by atoms with E-state index in [2.05, 4.69) is 5.10 Å². The van der Waals surface area contributed by atoms with Gasteiger partial charge in [0.05, 0.1) is 11.5 Å². The van der Waals surface area contributed by atoms with Crippen molar-refractivity contribution in [1.29, 1.82) is 0 Å². The number of carbonyl (C=O) groups excluding carboxylic acids is 1. The highest BCUT2D eigenvalue weighted by Crippen LogP contribution is 2.50. The molecule has 0 unspecified atom stereocenters. The van der Waals surface area contributed by atoms with Crippen molar-refractivity contribution in [2.45, 2.75) is 44.5 Å². The molecule has 25 heavy (non-hydrogen) atoms. The fourth-order valence-electron chi connectivity index (χ4n) is 3.64. The molecule has 1 amide bonds. The summed E-state index contributed by atoms with van der Waals surface area (Å²) in [6.07, 6.45) is -3.26. The third-order valence-corrected chi connectivity index (χ3v) is 5.14. The molecular weight excluding hydrogens is 337 g/mol. The maximum atomic E-state index is 13.8. The first kappa shape index (κ1) is 17.7. The van der Waals surface area contributed by atoms with Gasteiger partial charge in [-0.05, 0) is 37.3 Å². The molecule has 0 spiro atoms. The second-order valence-electron chi connectivity index (χ2n) is 6.55. The van der Waals surface area contributed by atoms with Crippen LogP contribution in [0.4, 0.5) is 13.2 Å². The largest absolute Gasteiger partial charge is 0.507 e. The topological polar surface area (TPSA) is 73.1 Å². The van der Waals surface area contributed by atoms with E-state index in [0.29, 0.717) is 19.3 Å². The zero-order chi connectivity index (χ0) is 18.4. The van der Waals surface area contributed by atoms with Gasteiger partial charge in [-0.3, -0.25) is 4.79 Å². The van der Waals surface area contributed by atoms with Gasteiger partial charge in [0.15, 0.2) is 0 Å². The minimum absolute atomic E-state index is 0.0398. The number of carbonyl (C=O) groups is 1. The molecule has 0 bridgehead atoms. The number of fused-ring (bicyclic) bond motifs is 1. The minimum Gasteiger partial charge on any atom is -0.507 e. The van der Waals surface area contributed by atoms with E-state index in [-0.39, 0.29) is 28.6 Å². The summed E-state index contributed by atoms with van der Waals surface area (Å²) in [6.45, 7) is 1.89. The molecule has 1 aromatic carbocycles. The number of aromatic hydroxyl groups is 1. The third kappa shape index (κ3) is 2.68. The molecule has 8 heteroatoms. The number of alkyl halides is 3. The molecule has 0 aromatic heterocycles. The number of phenols is 1. The van der Waals surface area contributed by atoms with Crippen LogP contribution in [0.15, 0.2) is 29.4 Å². The van der Waals surface area contributed by atoms with Crippen molar-refractivity contribution in [2.75, 3.05) is 0 Å². The third-order valence-electron chi connectivity index (χ3n) is 5.14. The lowest BCUT2D eigenvalue weighted by Crippen LogP contribution is -2.61. The van der Waals surface area contributed by atoms with E-state index in [1.807, 2.05) is 6.92 Å². The van der Waals surface area contributed by atoms with Crippen molar-refractivity contribution < 1.29 is 28.2 Å². The standard InChI is InChI=1S/C17H19F3N2O3/c1-2-10-7-8-13-12(9-10)16(25,17(18,19)20)22(21-13)15(24)11-5-3-4-6-14(11)23/h3-6,10,12,23,25H,2,7-9H2,1H3/t10-,12+,16-/m0/s1. The molecule has 136 valence electrons. The van der Waals surface area contributed by atoms with Gasteiger partial charge in [-0.1, -0.05) is 25.5 Å². The Hall–Kier alpha value is -2.09. The molecule has 1 heterocycles. The van der Waals surface area contributed by atoms with Gasteiger partial charge < -0.3 is 10.2 Å². The van der Waals surface area contributed by atoms with Crippen LogP contribution in [0.1, 0.15) is 43.0 Å². The zero-order valence-electron chi connectivity index (χ0n) is 13.6. The monoisotopic (exact) mass is 356 g/mol. The van der Waals surface area contributed by atoms with E-state index in [1.54, 1.807) is 0 Å². The van der Waals surface area contributed by atoms with Crippen molar-refractivity contribution in [2.24, 2.45) is 16.9 Å². The van der Waals surface area contributed by atoms with E-state index < -0.39 is 29.5 Å². The summed E-state index contributed by atoms with van der Waals surface area (Å²) < 4.78 is 41.4. The molecule has 2 N–H and O–H groups in total. The number of rotatable bonds is 2. The predicted octanol–water partition coefficient (Wildman–Crippen LogP) is 3.28. The fraction of sp³-hybridized carbons (Fsp3) is 0.529. The number of phenolic OH excluding ortho intramolecular Hbond substituents is 1. The second-order valence-corrected chi connectivity index (χ2v) is 6.55. The first-order valence-corrected chi connectivity index (χ1v) is 8.19. The van der Waals surface area contributed by atoms with Gasteiger partial charge in [0.2, 0.25) is 0 Å². The molecule has 0 radical (unpaired) electrons. The molecule has 1 aliphatic heterocycles. The van der Waals surface area contributed by atoms with Gasteiger partial charge in [0.25, 0.3) is 11.6 Å². The van der Waals surface area contributed by atoms with Gasteiger partial charge in [-0.25, -0.2) is 0 Å². The van der Waals surface area contributed by atoms with Gasteiger partial charge in [0.1, 0.15) is 5.75 Å². The summed E-state index contributed by atoms with van der Waals surface area (Å²) in [5.41, 5.74) is -3.54. The number of aliphatic hydroxyl groups is 1. The zero-order valence-corrected chi connectivity index (χ0v) is 13.6. The maximum Gasteiger partial charge on any atom is 0.439 e. The Balaban J connectivity index is 2.05. The van der Waals surface area contributed by atoms with Crippen LogP contribution in [0.2, 0.25) is 0 Å². The van der Waals surface area contributed by atoms with Gasteiger partial charge >= 0.3 is 6.18 Å². The summed E-state index contributed by atoms with van der Waals surface area (Å²) in [4.78, 5) is 12.6. The van der Waals surface area contributed by atoms with Crippen LogP contribution in [-0.4, -0.2) is 38.7 Å². The highest BCUT2D eigenvalue weighted by atomic mass is 19.4. The molecule has 5 nitrogen and oxygen atoms in total. The maximum absolute atomic E-state index is 13.8. The quantitative estimate of drug-likeness (QED) is 0.854. The van der Waals surface area contributed by atoms with Gasteiger partial charge in [-0.2, -0.15) is 23.3 Å². The Morgan fingerprint density at radius 1 is 1.40 bits per heavy atom. The number of hydrogen-bond donors (Lipinski definition) is 2. The first-order valence-electron chi connectivity index (χ1n) is 8.19. The molecular formula is C17H19F3N2O3. The average molecular weight is 356 g/mol. The van der Waals surface area contributed by atoms with E-state index in [4.69, 9.17) is 0 Å². The Labute approximate surface area is 142 Å². The van der Waals surface area contributed by atoms with Gasteiger partial charge in [-0.15, -0.1) is 0 Å². The summed E-state index contributed by atoms with van der Waals surface area (Å²) in [7, 11) is 0. The SMILES string of the molecule is CC[C@H]1CCC2=NN(C(=O)c3ccccc3O)[C@@](O)(C(F)(F)F)[C@@H]2C1. The van der Waals surface area contributed by atoms with Crippen molar-refractivity contribution in [3.8, 4) is 5.75 Å². The molecule has 1 fully saturated rings. The smallest absolute Gasteiger partial charge is 0.439 e. The van der Waals surface area contributed by atoms with Crippen LogP contribution < -0.4 is 0 Å². The van der Waals surface area contributed by atoms with Crippen molar-refractivity contribution in [3.05, 3.63) is 29.8 Å². The van der Waals surface area contributed by atoms with Crippen molar-refractivity contribution in [1.82, 2.24) is 5.01 Å².